The quantitative estimate of drug-likeness (QED) is 0.128. The first-order valence-electron chi connectivity index (χ1n) is 11.5. The summed E-state index contributed by atoms with van der Waals surface area (Å²) < 4.78 is 5.82. The Labute approximate surface area is 217 Å². The van der Waals surface area contributed by atoms with E-state index in [0.717, 1.165) is 11.1 Å². The summed E-state index contributed by atoms with van der Waals surface area (Å²) in [5.41, 5.74) is 8.01. The van der Waals surface area contributed by atoms with E-state index in [2.05, 4.69) is 10.3 Å². The van der Waals surface area contributed by atoms with Crippen molar-refractivity contribution in [2.75, 3.05) is 6.61 Å². The largest absolute Gasteiger partial charge is 0.491 e. The molecule has 38 heavy (non-hydrogen) atoms. The first kappa shape index (κ1) is 27.5. The number of nitrogens with one attached hydrogen (secondary N) is 2. The number of nitrogens with zero attached hydrogens (tertiary/aromatic N) is 1. The topological polar surface area (TPSA) is 193 Å². The van der Waals surface area contributed by atoms with Crippen LogP contribution in [0.2, 0.25) is 0 Å². The Bertz CT molecular complexity index is 1360. The molecule has 2 aromatic carbocycles. The lowest BCUT2D eigenvalue weighted by Gasteiger charge is -2.20. The van der Waals surface area contributed by atoms with Gasteiger partial charge < -0.3 is 26.0 Å². The van der Waals surface area contributed by atoms with E-state index in [1.54, 1.807) is 36.7 Å². The summed E-state index contributed by atoms with van der Waals surface area (Å²) in [5.74, 6) is -4.35. The van der Waals surface area contributed by atoms with Gasteiger partial charge in [0.15, 0.2) is 0 Å². The van der Waals surface area contributed by atoms with Crippen molar-refractivity contribution in [3.05, 3.63) is 83.7 Å². The van der Waals surface area contributed by atoms with E-state index in [0.29, 0.717) is 5.56 Å². The molecule has 3 aromatic rings. The van der Waals surface area contributed by atoms with Gasteiger partial charge in [-0.25, -0.2) is 4.79 Å². The maximum atomic E-state index is 13.0. The predicted octanol–water partition coefficient (Wildman–Crippen LogP) is 2.27. The van der Waals surface area contributed by atoms with Crippen LogP contribution in [0.25, 0.3) is 11.1 Å². The number of carboxylic acid groups (broad SMARTS) is 2. The predicted molar refractivity (Wildman–Crippen MR) is 137 cm³/mol. The van der Waals surface area contributed by atoms with Crippen molar-refractivity contribution in [1.29, 1.82) is 5.41 Å². The van der Waals surface area contributed by atoms with Gasteiger partial charge in [-0.3, -0.25) is 24.8 Å². The van der Waals surface area contributed by atoms with Gasteiger partial charge >= 0.3 is 11.9 Å². The third-order valence-electron chi connectivity index (χ3n) is 5.57. The van der Waals surface area contributed by atoms with Crippen LogP contribution >= 0.6 is 0 Å². The minimum atomic E-state index is -1.60. The Kier molecular flexibility index (Phi) is 9.25. The van der Waals surface area contributed by atoms with Gasteiger partial charge in [0.25, 0.3) is 5.91 Å². The minimum absolute atomic E-state index is 0.0408. The first-order valence-corrected chi connectivity index (χ1v) is 11.5. The Morgan fingerprint density at radius 3 is 2.42 bits per heavy atom. The number of amides is 1. The highest BCUT2D eigenvalue weighted by Crippen LogP contribution is 2.23. The number of carboxylic acids is 2. The fourth-order valence-electron chi connectivity index (χ4n) is 3.58. The summed E-state index contributed by atoms with van der Waals surface area (Å²) in [6, 6.07) is 14.0. The fourth-order valence-corrected chi connectivity index (χ4v) is 3.58. The molecule has 0 bridgehead atoms. The highest BCUT2D eigenvalue weighted by Gasteiger charge is 2.20. The molecule has 6 N–H and O–H groups in total. The Balaban J connectivity index is 1.80. The van der Waals surface area contributed by atoms with Crippen LogP contribution in [0.15, 0.2) is 67.0 Å². The van der Waals surface area contributed by atoms with E-state index in [1.807, 2.05) is 12.1 Å². The lowest BCUT2D eigenvalue weighted by molar-refractivity contribution is -0.148. The fraction of sp³-hybridized carbons (Fsp3) is 0.185. The average Bonchev–Trinajstić information content (AvgIpc) is 2.91. The van der Waals surface area contributed by atoms with Crippen molar-refractivity contribution in [1.82, 2.24) is 10.3 Å². The summed E-state index contributed by atoms with van der Waals surface area (Å²) in [6.07, 6.45) is 2.64. The molecular weight excluding hydrogens is 492 g/mol. The molecule has 11 heteroatoms. The molecule has 1 amide bonds. The molecule has 0 fully saturated rings. The lowest BCUT2D eigenvalue weighted by Crippen LogP contribution is -2.39. The Morgan fingerprint density at radius 2 is 1.76 bits per heavy atom. The van der Waals surface area contributed by atoms with E-state index in [9.17, 15) is 19.2 Å². The van der Waals surface area contributed by atoms with Crippen molar-refractivity contribution in [3.63, 3.8) is 0 Å². The Hall–Kier alpha value is -5.06. The molecule has 0 radical (unpaired) electrons. The lowest BCUT2D eigenvalue weighted by atomic mass is 10.0. The number of Topliss-reactive ketones (excluding diaryl/α,β-unsaturated/α-hetero) is 1. The van der Waals surface area contributed by atoms with Crippen LogP contribution in [0, 0.1) is 5.41 Å². The summed E-state index contributed by atoms with van der Waals surface area (Å²) in [4.78, 5) is 51.1. The number of pyridine rings is 1. The molecule has 1 heterocycles. The van der Waals surface area contributed by atoms with Crippen molar-refractivity contribution in [2.24, 2.45) is 5.73 Å². The van der Waals surface area contributed by atoms with Crippen LogP contribution in [0.5, 0.6) is 5.75 Å². The molecule has 0 aliphatic rings. The molecule has 0 aliphatic heterocycles. The van der Waals surface area contributed by atoms with E-state index >= 15 is 0 Å². The summed E-state index contributed by atoms with van der Waals surface area (Å²) >= 11 is 0. The van der Waals surface area contributed by atoms with E-state index in [1.165, 1.54) is 18.2 Å². The van der Waals surface area contributed by atoms with Gasteiger partial charge in [-0.1, -0.05) is 30.3 Å². The molecule has 0 saturated heterocycles. The number of aliphatic carboxylic acids is 2. The summed E-state index contributed by atoms with van der Waals surface area (Å²) in [7, 11) is 0. The number of carbonyl (C=O) groups is 4. The van der Waals surface area contributed by atoms with Crippen LogP contribution in [-0.2, 0) is 20.8 Å². The number of hydrogen-bond donors (Lipinski definition) is 5. The van der Waals surface area contributed by atoms with Gasteiger partial charge in [-0.2, -0.15) is 0 Å². The maximum Gasteiger partial charge on any atom is 0.372 e. The molecule has 1 aromatic heterocycles. The second kappa shape index (κ2) is 12.8. The van der Waals surface area contributed by atoms with Gasteiger partial charge in [0, 0.05) is 47.5 Å². The molecule has 11 nitrogen and oxygen atoms in total. The van der Waals surface area contributed by atoms with Crippen LogP contribution in [0.1, 0.15) is 34.3 Å². The number of aromatic nitrogens is 1. The van der Waals surface area contributed by atoms with Crippen LogP contribution in [0.4, 0.5) is 0 Å². The van der Waals surface area contributed by atoms with Crippen molar-refractivity contribution in [2.45, 2.75) is 25.3 Å². The van der Waals surface area contributed by atoms with E-state index in [-0.39, 0.29) is 42.2 Å². The molecule has 0 unspecified atom stereocenters. The number of nitrogen functional groups attached to an aromatic ring is 1. The van der Waals surface area contributed by atoms with E-state index in [4.69, 9.17) is 26.1 Å². The third kappa shape index (κ3) is 7.72. The monoisotopic (exact) mass is 518 g/mol. The summed E-state index contributed by atoms with van der Waals surface area (Å²) in [6.45, 7) is -0.184. The zero-order valence-electron chi connectivity index (χ0n) is 20.2. The zero-order valence-corrected chi connectivity index (χ0v) is 20.2. The second-order valence-electron chi connectivity index (χ2n) is 8.38. The Morgan fingerprint density at radius 1 is 1.00 bits per heavy atom. The molecule has 3 rings (SSSR count). The van der Waals surface area contributed by atoms with Crippen molar-refractivity contribution >= 4 is 29.5 Å². The normalized spacial score (nSPS) is 11.3. The number of nitrogens with two attached hydrogens (primary N) is 1. The standard InChI is InChI=1S/C27H26N4O7/c28-25(29)18-7-6-17(12-22(32)27(36)37)23(13-18)38-15-21(8-9-24(33)34)31-26(35)19-4-1-3-16(11-19)20-5-2-10-30-14-20/h1-7,10-11,13-14,21H,8-9,12,15H2,(H3,28,29)(H,31,35)(H,33,34)(H,36,37)/t21-/m1/s1. The van der Waals surface area contributed by atoms with Crippen molar-refractivity contribution in [3.8, 4) is 16.9 Å². The molecule has 0 aliphatic carbocycles. The smallest absolute Gasteiger partial charge is 0.372 e. The zero-order chi connectivity index (χ0) is 27.7. The average molecular weight is 519 g/mol. The van der Waals surface area contributed by atoms with Gasteiger partial charge in [-0.15, -0.1) is 0 Å². The number of benzene rings is 2. The molecule has 1 atom stereocenters. The second-order valence-corrected chi connectivity index (χ2v) is 8.38. The number of amidine groups is 1. The number of ketones is 1. The van der Waals surface area contributed by atoms with Gasteiger partial charge in [0.1, 0.15) is 18.2 Å². The van der Waals surface area contributed by atoms with Crippen LogP contribution in [-0.4, -0.2) is 57.3 Å². The number of carbonyl (C=O) groups excluding carboxylic acids is 2. The molecule has 0 spiro atoms. The van der Waals surface area contributed by atoms with Gasteiger partial charge in [0.05, 0.1) is 6.04 Å². The highest BCUT2D eigenvalue weighted by atomic mass is 16.5. The van der Waals surface area contributed by atoms with Crippen LogP contribution < -0.4 is 15.8 Å². The summed E-state index contributed by atoms with van der Waals surface area (Å²) in [5, 5.41) is 28.6. The first-order chi connectivity index (χ1) is 18.1. The minimum Gasteiger partial charge on any atom is -0.491 e. The highest BCUT2D eigenvalue weighted by molar-refractivity contribution is 6.33. The molecule has 196 valence electrons. The van der Waals surface area contributed by atoms with Crippen molar-refractivity contribution < 1.29 is 34.1 Å². The van der Waals surface area contributed by atoms with Gasteiger partial charge in [0.2, 0.25) is 5.78 Å². The molecular formula is C27H26N4O7. The number of ether oxygens (including phenoxy) is 1. The van der Waals surface area contributed by atoms with E-state index < -0.39 is 36.1 Å². The number of hydrogen-bond acceptors (Lipinski definition) is 7. The third-order valence-corrected chi connectivity index (χ3v) is 5.57. The SMILES string of the molecule is N=C(N)c1ccc(CC(=O)C(=O)O)c(OC[C@@H](CCC(=O)O)NC(=O)c2cccc(-c3cccnc3)c2)c1. The van der Waals surface area contributed by atoms with Gasteiger partial charge in [-0.05, 0) is 36.2 Å². The maximum absolute atomic E-state index is 13.0. The molecule has 0 saturated carbocycles. The number of rotatable bonds is 13. The van der Waals surface area contributed by atoms with Crippen LogP contribution in [0.3, 0.4) is 0 Å².